The Morgan fingerprint density at radius 1 is 1.00 bits per heavy atom. The standard InChI is InChI=1S/C35H50O5.Na/c1-21(2)9-8-10-22(3)27-13-14-28-31-29(16-18-35(27,28)5)34(4)17-15-24(19-23(34)20-30(31)36)40-33(39)26-12-7-6-11-25(26)32(37)38;/h6-7,11-12,20-22,24,27-31,36H,8-10,13-19H2,1-5H3,(H,37,38);/q;+1/p-1/t22-,24?,27-,28?,29?,30+,31?,34+,35-;/m1./s1. The zero-order valence-corrected chi connectivity index (χ0v) is 28.2. The van der Waals surface area contributed by atoms with Gasteiger partial charge in [0, 0.05) is 12.0 Å². The van der Waals surface area contributed by atoms with Crippen molar-refractivity contribution in [2.24, 2.45) is 46.3 Å². The first-order valence-electron chi connectivity index (χ1n) is 15.9. The van der Waals surface area contributed by atoms with E-state index in [-0.39, 0.29) is 52.2 Å². The van der Waals surface area contributed by atoms with E-state index in [1.54, 1.807) is 12.1 Å². The van der Waals surface area contributed by atoms with Crippen molar-refractivity contribution in [3.05, 3.63) is 47.0 Å². The fourth-order valence-corrected chi connectivity index (χ4v) is 9.79. The molecule has 1 N–H and O–H groups in total. The Kier molecular flexibility index (Phi) is 10.3. The van der Waals surface area contributed by atoms with Crippen LogP contribution in [-0.4, -0.2) is 29.3 Å². The van der Waals surface area contributed by atoms with Gasteiger partial charge in [0.25, 0.3) is 0 Å². The molecule has 41 heavy (non-hydrogen) atoms. The zero-order valence-electron chi connectivity index (χ0n) is 26.2. The van der Waals surface area contributed by atoms with Gasteiger partial charge in [-0.2, -0.15) is 0 Å². The van der Waals surface area contributed by atoms with E-state index < -0.39 is 18.0 Å². The maximum atomic E-state index is 12.9. The molecule has 0 bridgehead atoms. The Morgan fingerprint density at radius 2 is 1.71 bits per heavy atom. The van der Waals surface area contributed by atoms with E-state index in [9.17, 15) is 19.8 Å². The number of ether oxygens (including phenoxy) is 1. The van der Waals surface area contributed by atoms with Gasteiger partial charge in [0.15, 0.2) is 0 Å². The molecule has 4 unspecified atom stereocenters. The number of carboxylic acids is 1. The van der Waals surface area contributed by atoms with Gasteiger partial charge in [-0.05, 0) is 90.9 Å². The molecule has 1 aromatic carbocycles. The molecule has 0 amide bonds. The normalized spacial score (nSPS) is 36.7. The van der Waals surface area contributed by atoms with Crippen LogP contribution in [0.25, 0.3) is 0 Å². The number of aliphatic hydroxyl groups is 1. The van der Waals surface area contributed by atoms with E-state index in [0.717, 1.165) is 37.0 Å². The number of carbonyl (C=O) groups is 2. The maximum absolute atomic E-state index is 12.9. The molecule has 0 heterocycles. The SMILES string of the molecule is CC(C)CCC[C@@H](C)[C@H]1CCC2C3C(CC[C@@]21C)[C@@]1(C)CCC(OC(=O)c2ccccc2C(=O)[O-])CC1=C[C@@H]3O.[Na+]. The monoisotopic (exact) mass is 572 g/mol. The predicted octanol–water partition coefficient (Wildman–Crippen LogP) is 3.59. The minimum atomic E-state index is -1.38. The van der Waals surface area contributed by atoms with E-state index in [1.807, 2.05) is 0 Å². The third-order valence-electron chi connectivity index (χ3n) is 11.9. The molecule has 1 aromatic rings. The molecule has 0 saturated heterocycles. The molecule has 3 fully saturated rings. The van der Waals surface area contributed by atoms with E-state index in [4.69, 9.17) is 4.74 Å². The molecule has 4 aliphatic carbocycles. The van der Waals surface area contributed by atoms with Gasteiger partial charge in [0.1, 0.15) is 6.10 Å². The van der Waals surface area contributed by atoms with Gasteiger partial charge in [-0.15, -0.1) is 0 Å². The van der Waals surface area contributed by atoms with Crippen molar-refractivity contribution >= 4 is 11.9 Å². The first-order chi connectivity index (χ1) is 19.0. The number of hydrogen-bond acceptors (Lipinski definition) is 5. The van der Waals surface area contributed by atoms with Crippen molar-refractivity contribution in [3.8, 4) is 0 Å². The number of aliphatic hydroxyl groups excluding tert-OH is 1. The summed E-state index contributed by atoms with van der Waals surface area (Å²) in [6, 6.07) is 6.07. The van der Waals surface area contributed by atoms with Crippen molar-refractivity contribution < 1.29 is 54.1 Å². The van der Waals surface area contributed by atoms with Crippen LogP contribution < -0.4 is 34.7 Å². The second kappa shape index (κ2) is 12.8. The molecule has 5 rings (SSSR count). The third-order valence-corrected chi connectivity index (χ3v) is 11.9. The summed E-state index contributed by atoms with van der Waals surface area (Å²) < 4.78 is 5.85. The van der Waals surface area contributed by atoms with Crippen LogP contribution in [0.1, 0.15) is 120 Å². The summed E-state index contributed by atoms with van der Waals surface area (Å²) >= 11 is 0. The van der Waals surface area contributed by atoms with Crippen LogP contribution in [0.5, 0.6) is 0 Å². The van der Waals surface area contributed by atoms with E-state index in [2.05, 4.69) is 40.7 Å². The minimum absolute atomic E-state index is 0. The molecule has 0 aliphatic heterocycles. The van der Waals surface area contributed by atoms with Crippen molar-refractivity contribution in [1.82, 2.24) is 0 Å². The third kappa shape index (κ3) is 6.12. The Hall–Kier alpha value is -1.14. The number of carboxylic acid groups (broad SMARTS) is 1. The first-order valence-corrected chi connectivity index (χ1v) is 15.9. The number of benzene rings is 1. The fraction of sp³-hybridized carbons (Fsp3) is 0.714. The molecular formula is C35H49NaO5. The number of rotatable bonds is 8. The number of fused-ring (bicyclic) bond motifs is 5. The molecule has 3 saturated carbocycles. The summed E-state index contributed by atoms with van der Waals surface area (Å²) in [5.41, 5.74) is 1.43. The van der Waals surface area contributed by atoms with E-state index in [0.29, 0.717) is 29.6 Å². The summed E-state index contributed by atoms with van der Waals surface area (Å²) in [5, 5.41) is 23.1. The van der Waals surface area contributed by atoms with E-state index in [1.165, 1.54) is 56.2 Å². The first kappa shape index (κ1) is 32.8. The Morgan fingerprint density at radius 3 is 2.39 bits per heavy atom. The maximum Gasteiger partial charge on any atom is 1.00 e. The molecule has 9 atom stereocenters. The molecule has 0 radical (unpaired) electrons. The molecule has 6 heteroatoms. The molecular weight excluding hydrogens is 523 g/mol. The second-order valence-corrected chi connectivity index (χ2v) is 14.5. The predicted molar refractivity (Wildman–Crippen MR) is 154 cm³/mol. The number of esters is 1. The van der Waals surface area contributed by atoms with Crippen LogP contribution in [0.2, 0.25) is 0 Å². The summed E-state index contributed by atoms with van der Waals surface area (Å²) in [4.78, 5) is 24.4. The van der Waals surface area contributed by atoms with Crippen LogP contribution in [0.4, 0.5) is 0 Å². The molecule has 0 spiro atoms. The average Bonchev–Trinajstić information content (AvgIpc) is 3.26. The van der Waals surface area contributed by atoms with Crippen LogP contribution in [0.3, 0.4) is 0 Å². The molecule has 220 valence electrons. The van der Waals surface area contributed by atoms with Gasteiger partial charge in [-0.3, -0.25) is 0 Å². The minimum Gasteiger partial charge on any atom is -0.545 e. The van der Waals surface area contributed by atoms with Gasteiger partial charge < -0.3 is 19.7 Å². The van der Waals surface area contributed by atoms with Gasteiger partial charge in [-0.1, -0.05) is 83.7 Å². The van der Waals surface area contributed by atoms with Crippen molar-refractivity contribution in [3.63, 3.8) is 0 Å². The Bertz CT molecular complexity index is 1150. The van der Waals surface area contributed by atoms with Gasteiger partial charge in [-0.25, -0.2) is 4.79 Å². The van der Waals surface area contributed by atoms with Crippen molar-refractivity contribution in [2.45, 2.75) is 111 Å². The summed E-state index contributed by atoms with van der Waals surface area (Å²) in [5.74, 6) is 1.57. The van der Waals surface area contributed by atoms with Gasteiger partial charge in [0.05, 0.1) is 17.6 Å². The van der Waals surface area contributed by atoms with Crippen LogP contribution in [0, 0.1) is 46.3 Å². The average molecular weight is 573 g/mol. The summed E-state index contributed by atoms with van der Waals surface area (Å²) in [6.07, 6.45) is 12.5. The Balaban J connectivity index is 0.00000387. The molecule has 4 aliphatic rings. The van der Waals surface area contributed by atoms with Crippen LogP contribution in [-0.2, 0) is 4.74 Å². The van der Waals surface area contributed by atoms with Crippen molar-refractivity contribution in [2.75, 3.05) is 0 Å². The summed E-state index contributed by atoms with van der Waals surface area (Å²) in [6.45, 7) is 12.0. The largest absolute Gasteiger partial charge is 1.00 e. The quantitative estimate of drug-likeness (QED) is 0.292. The van der Waals surface area contributed by atoms with Crippen LogP contribution in [0.15, 0.2) is 35.9 Å². The van der Waals surface area contributed by atoms with Gasteiger partial charge >= 0.3 is 35.5 Å². The summed E-state index contributed by atoms with van der Waals surface area (Å²) in [7, 11) is 0. The molecule has 0 aromatic heterocycles. The molecule has 5 nitrogen and oxygen atoms in total. The van der Waals surface area contributed by atoms with Crippen molar-refractivity contribution in [1.29, 1.82) is 0 Å². The zero-order chi connectivity index (χ0) is 28.8. The number of carbonyl (C=O) groups excluding carboxylic acids is 2. The topological polar surface area (TPSA) is 86.7 Å². The smallest absolute Gasteiger partial charge is 0.545 e. The Labute approximate surface area is 269 Å². The number of hydrogen-bond donors (Lipinski definition) is 1. The fourth-order valence-electron chi connectivity index (χ4n) is 9.79. The number of aromatic carboxylic acids is 1. The second-order valence-electron chi connectivity index (χ2n) is 14.5. The van der Waals surface area contributed by atoms with Crippen LogP contribution >= 0.6 is 0 Å². The van der Waals surface area contributed by atoms with Gasteiger partial charge in [0.2, 0.25) is 0 Å². The van der Waals surface area contributed by atoms with E-state index >= 15 is 0 Å².